The molecule has 0 saturated heterocycles. The molecule has 86 valence electrons. The molecule has 16 heavy (non-hydrogen) atoms. The van der Waals surface area contributed by atoms with Crippen LogP contribution in [-0.4, -0.2) is 17.8 Å². The number of nitro benzene ring substituents is 1. The van der Waals surface area contributed by atoms with Gasteiger partial charge >= 0.3 is 6.61 Å². The molecule has 0 spiro atoms. The van der Waals surface area contributed by atoms with E-state index in [0.29, 0.717) is 6.29 Å². The lowest BCUT2D eigenvalue weighted by Gasteiger charge is -2.07. The average molecular weight is 231 g/mol. The van der Waals surface area contributed by atoms with Crippen molar-refractivity contribution < 1.29 is 23.2 Å². The van der Waals surface area contributed by atoms with E-state index >= 15 is 0 Å². The Balaban J connectivity index is 3.28. The summed E-state index contributed by atoms with van der Waals surface area (Å²) < 4.78 is 27.8. The lowest BCUT2D eigenvalue weighted by molar-refractivity contribution is -0.385. The molecule has 0 N–H and O–H groups in total. The van der Waals surface area contributed by atoms with Gasteiger partial charge in [0.15, 0.2) is 6.29 Å². The smallest absolute Gasteiger partial charge is 0.387 e. The predicted octanol–water partition coefficient (Wildman–Crippen LogP) is 2.32. The summed E-state index contributed by atoms with van der Waals surface area (Å²) in [5, 5.41) is 10.6. The lowest BCUT2D eigenvalue weighted by atomic mass is 10.1. The number of carbonyl (C=O) groups excluding carboxylic acids is 1. The van der Waals surface area contributed by atoms with Crippen LogP contribution in [0.25, 0.3) is 0 Å². The van der Waals surface area contributed by atoms with E-state index in [1.807, 2.05) is 0 Å². The predicted molar refractivity (Wildman–Crippen MR) is 49.9 cm³/mol. The topological polar surface area (TPSA) is 69.4 Å². The summed E-state index contributed by atoms with van der Waals surface area (Å²) in [6, 6.07) is 1.88. The third kappa shape index (κ3) is 2.50. The first-order valence-electron chi connectivity index (χ1n) is 4.14. The van der Waals surface area contributed by atoms with E-state index in [0.717, 1.165) is 12.1 Å². The second kappa shape index (κ2) is 4.65. The molecule has 0 heterocycles. The fourth-order valence-electron chi connectivity index (χ4n) is 1.18. The van der Waals surface area contributed by atoms with Crippen molar-refractivity contribution >= 4 is 12.0 Å². The number of rotatable bonds is 4. The summed E-state index contributed by atoms with van der Waals surface area (Å²) in [4.78, 5) is 20.4. The van der Waals surface area contributed by atoms with Gasteiger partial charge < -0.3 is 4.74 Å². The molecule has 0 radical (unpaired) electrons. The van der Waals surface area contributed by atoms with E-state index in [-0.39, 0.29) is 11.1 Å². The third-order valence-corrected chi connectivity index (χ3v) is 1.94. The molecule has 1 aromatic rings. The number of carbonyl (C=O) groups is 1. The van der Waals surface area contributed by atoms with Crippen molar-refractivity contribution in [3.8, 4) is 5.75 Å². The van der Waals surface area contributed by atoms with Gasteiger partial charge in [-0.05, 0) is 13.0 Å². The highest BCUT2D eigenvalue weighted by Crippen LogP contribution is 2.28. The normalized spacial score (nSPS) is 10.2. The number of halogens is 2. The van der Waals surface area contributed by atoms with E-state index in [1.165, 1.54) is 6.92 Å². The Morgan fingerprint density at radius 1 is 1.50 bits per heavy atom. The molecule has 0 aliphatic heterocycles. The van der Waals surface area contributed by atoms with Gasteiger partial charge in [0.25, 0.3) is 5.69 Å². The zero-order valence-corrected chi connectivity index (χ0v) is 8.15. The van der Waals surface area contributed by atoms with E-state index in [9.17, 15) is 23.7 Å². The third-order valence-electron chi connectivity index (χ3n) is 1.94. The van der Waals surface area contributed by atoms with E-state index < -0.39 is 23.0 Å². The number of nitro groups is 1. The van der Waals surface area contributed by atoms with Gasteiger partial charge in [0, 0.05) is 11.1 Å². The average Bonchev–Trinajstić information content (AvgIpc) is 2.19. The van der Waals surface area contributed by atoms with Crippen molar-refractivity contribution in [1.29, 1.82) is 0 Å². The summed E-state index contributed by atoms with van der Waals surface area (Å²) >= 11 is 0. The number of aldehydes is 1. The molecular weight excluding hydrogens is 224 g/mol. The maximum absolute atomic E-state index is 11.9. The molecular formula is C9H7F2NO4. The zero-order valence-electron chi connectivity index (χ0n) is 8.15. The number of nitrogens with zero attached hydrogens (tertiary/aromatic N) is 1. The fourth-order valence-corrected chi connectivity index (χ4v) is 1.18. The molecule has 0 aliphatic rings. The molecule has 0 saturated carbocycles. The van der Waals surface area contributed by atoms with Crippen LogP contribution in [0.1, 0.15) is 15.9 Å². The van der Waals surface area contributed by atoms with Crippen molar-refractivity contribution in [2.75, 3.05) is 0 Å². The van der Waals surface area contributed by atoms with Crippen molar-refractivity contribution in [2.24, 2.45) is 0 Å². The molecule has 0 unspecified atom stereocenters. The summed E-state index contributed by atoms with van der Waals surface area (Å²) in [5.74, 6) is -0.408. The molecule has 0 aromatic heterocycles. The van der Waals surface area contributed by atoms with Gasteiger partial charge in [-0.1, -0.05) is 0 Å². The van der Waals surface area contributed by atoms with Gasteiger partial charge in [-0.25, -0.2) is 0 Å². The van der Waals surface area contributed by atoms with Gasteiger partial charge in [-0.3, -0.25) is 14.9 Å². The Morgan fingerprint density at radius 2 is 2.12 bits per heavy atom. The first kappa shape index (κ1) is 12.0. The Morgan fingerprint density at radius 3 is 2.56 bits per heavy atom. The highest BCUT2D eigenvalue weighted by molar-refractivity contribution is 5.80. The fraction of sp³-hybridized carbons (Fsp3) is 0.222. The minimum Gasteiger partial charge on any atom is -0.435 e. The SMILES string of the molecule is Cc1c(C=O)cc(OC(F)F)cc1[N+](=O)[O-]. The van der Waals surface area contributed by atoms with E-state index in [2.05, 4.69) is 4.74 Å². The maximum Gasteiger partial charge on any atom is 0.387 e. The first-order valence-corrected chi connectivity index (χ1v) is 4.14. The second-order valence-corrected chi connectivity index (χ2v) is 2.91. The molecule has 0 atom stereocenters. The number of hydrogen-bond donors (Lipinski definition) is 0. The van der Waals surface area contributed by atoms with Crippen LogP contribution in [0.15, 0.2) is 12.1 Å². The van der Waals surface area contributed by atoms with Gasteiger partial charge in [0.05, 0.1) is 11.0 Å². The van der Waals surface area contributed by atoms with Crippen molar-refractivity contribution in [1.82, 2.24) is 0 Å². The minimum absolute atomic E-state index is 0.0511. The van der Waals surface area contributed by atoms with Crippen LogP contribution >= 0.6 is 0 Å². The summed E-state index contributed by atoms with van der Waals surface area (Å²) in [6.07, 6.45) is 0.348. The Kier molecular flexibility index (Phi) is 3.49. The monoisotopic (exact) mass is 231 g/mol. The molecule has 0 aliphatic carbocycles. The van der Waals surface area contributed by atoms with Crippen LogP contribution in [-0.2, 0) is 0 Å². The zero-order chi connectivity index (χ0) is 12.3. The summed E-state index contributed by atoms with van der Waals surface area (Å²) in [5.41, 5.74) is -0.369. The molecule has 7 heteroatoms. The standard InChI is InChI=1S/C9H7F2NO4/c1-5-6(4-13)2-7(16-9(10)11)3-8(5)12(14)15/h2-4,9H,1H3. The van der Waals surface area contributed by atoms with Gasteiger partial charge in [-0.2, -0.15) is 8.78 Å². The largest absolute Gasteiger partial charge is 0.435 e. The molecule has 0 fully saturated rings. The quantitative estimate of drug-likeness (QED) is 0.453. The Bertz CT molecular complexity index is 434. The van der Waals surface area contributed by atoms with Crippen molar-refractivity contribution in [3.63, 3.8) is 0 Å². The Labute approximate surface area is 88.8 Å². The number of ether oxygens (including phenoxy) is 1. The van der Waals surface area contributed by atoms with Crippen LogP contribution in [0.4, 0.5) is 14.5 Å². The van der Waals surface area contributed by atoms with Gasteiger partial charge in [-0.15, -0.1) is 0 Å². The highest BCUT2D eigenvalue weighted by atomic mass is 19.3. The van der Waals surface area contributed by atoms with Crippen LogP contribution in [0.2, 0.25) is 0 Å². The number of benzene rings is 1. The molecule has 0 amide bonds. The minimum atomic E-state index is -3.10. The summed E-state index contributed by atoms with van der Waals surface area (Å²) in [7, 11) is 0. The van der Waals surface area contributed by atoms with Crippen LogP contribution < -0.4 is 4.74 Å². The van der Waals surface area contributed by atoms with Crippen molar-refractivity contribution in [2.45, 2.75) is 13.5 Å². The lowest BCUT2D eigenvalue weighted by Crippen LogP contribution is -2.04. The van der Waals surface area contributed by atoms with E-state index in [4.69, 9.17) is 0 Å². The number of hydrogen-bond acceptors (Lipinski definition) is 4. The molecule has 1 rings (SSSR count). The molecule has 1 aromatic carbocycles. The molecule has 5 nitrogen and oxygen atoms in total. The Hall–Kier alpha value is -2.05. The highest BCUT2D eigenvalue weighted by Gasteiger charge is 2.18. The van der Waals surface area contributed by atoms with Crippen LogP contribution in [0, 0.1) is 17.0 Å². The van der Waals surface area contributed by atoms with Crippen molar-refractivity contribution in [3.05, 3.63) is 33.4 Å². The molecule has 0 bridgehead atoms. The maximum atomic E-state index is 11.9. The second-order valence-electron chi connectivity index (χ2n) is 2.91. The van der Waals surface area contributed by atoms with E-state index in [1.54, 1.807) is 0 Å². The van der Waals surface area contributed by atoms with Crippen LogP contribution in [0.5, 0.6) is 5.75 Å². The van der Waals surface area contributed by atoms with Gasteiger partial charge in [0.1, 0.15) is 5.75 Å². The first-order chi connectivity index (χ1) is 7.45. The number of alkyl halides is 2. The van der Waals surface area contributed by atoms with Crippen LogP contribution in [0.3, 0.4) is 0 Å². The summed E-state index contributed by atoms with van der Waals surface area (Å²) in [6.45, 7) is -1.74. The van der Waals surface area contributed by atoms with Gasteiger partial charge in [0.2, 0.25) is 0 Å².